The van der Waals surface area contributed by atoms with Crippen LogP contribution in [0.1, 0.15) is 23.1 Å². The lowest BCUT2D eigenvalue weighted by molar-refractivity contribution is 0.0136. The summed E-state index contributed by atoms with van der Waals surface area (Å²) in [4.78, 5) is 0. The van der Waals surface area contributed by atoms with Crippen LogP contribution in [0.15, 0.2) is 91.0 Å². The van der Waals surface area contributed by atoms with E-state index >= 15 is 0 Å². The van der Waals surface area contributed by atoms with E-state index < -0.39 is 5.60 Å². The summed E-state index contributed by atoms with van der Waals surface area (Å²) < 4.78 is 6.54. The Labute approximate surface area is 148 Å². The lowest BCUT2D eigenvalue weighted by Gasteiger charge is -2.36. The van der Waals surface area contributed by atoms with Crippen molar-refractivity contribution in [1.29, 1.82) is 0 Å². The van der Waals surface area contributed by atoms with Crippen LogP contribution in [0.5, 0.6) is 0 Å². The molecule has 0 aromatic heterocycles. The van der Waals surface area contributed by atoms with E-state index in [1.807, 2.05) is 18.2 Å². The Kier molecular flexibility index (Phi) is 5.68. The summed E-state index contributed by atoms with van der Waals surface area (Å²) in [6.45, 7) is 0.599. The summed E-state index contributed by atoms with van der Waals surface area (Å²) in [5, 5.41) is 0. The first-order chi connectivity index (χ1) is 11.9. The van der Waals surface area contributed by atoms with Crippen LogP contribution in [-0.4, -0.2) is 12.5 Å². The summed E-state index contributed by atoms with van der Waals surface area (Å²) in [5.74, 6) is 0.592. The van der Waals surface area contributed by atoms with Crippen molar-refractivity contribution in [2.24, 2.45) is 0 Å². The van der Waals surface area contributed by atoms with Crippen molar-refractivity contribution < 1.29 is 4.74 Å². The monoisotopic (exact) mass is 336 g/mol. The molecule has 24 heavy (non-hydrogen) atoms. The first-order valence-electron chi connectivity index (χ1n) is 8.24. The van der Waals surface area contributed by atoms with Gasteiger partial charge in [0.05, 0.1) is 0 Å². The van der Waals surface area contributed by atoms with Gasteiger partial charge in [-0.05, 0) is 23.1 Å². The van der Waals surface area contributed by atoms with E-state index in [0.717, 1.165) is 23.1 Å². The van der Waals surface area contributed by atoms with Gasteiger partial charge in [0.1, 0.15) is 5.60 Å². The Bertz CT molecular complexity index is 629. The Hall–Kier alpha value is -2.09. The van der Waals surface area contributed by atoms with Gasteiger partial charge in [0, 0.05) is 12.5 Å². The molecule has 0 bridgehead atoms. The minimum absolute atomic E-state index is 0.592. The van der Waals surface area contributed by atoms with Crippen LogP contribution in [0.2, 0.25) is 0 Å². The molecular weight excluding hydrogens is 316 g/mol. The number of halogens is 1. The van der Waals surface area contributed by atoms with Crippen LogP contribution in [0.25, 0.3) is 0 Å². The van der Waals surface area contributed by atoms with E-state index in [-0.39, 0.29) is 0 Å². The molecule has 0 aliphatic rings. The van der Waals surface area contributed by atoms with Crippen LogP contribution in [0, 0.1) is 0 Å². The smallest absolute Gasteiger partial charge is 0.143 e. The molecule has 0 aliphatic heterocycles. The molecule has 0 spiro atoms. The highest BCUT2D eigenvalue weighted by atomic mass is 35.5. The van der Waals surface area contributed by atoms with Crippen LogP contribution in [0.3, 0.4) is 0 Å². The quantitative estimate of drug-likeness (QED) is 0.309. The average molecular weight is 337 g/mol. The fourth-order valence-electron chi connectivity index (χ4n) is 3.05. The maximum atomic E-state index is 6.54. The number of ether oxygens (including phenoxy) is 1. The third kappa shape index (κ3) is 3.38. The molecule has 0 N–H and O–H groups in total. The van der Waals surface area contributed by atoms with Crippen LogP contribution >= 0.6 is 11.6 Å². The lowest BCUT2D eigenvalue weighted by atomic mass is 9.80. The Morgan fingerprint density at radius 1 is 0.625 bits per heavy atom. The van der Waals surface area contributed by atoms with Gasteiger partial charge in [-0.1, -0.05) is 91.0 Å². The van der Waals surface area contributed by atoms with Crippen molar-refractivity contribution in [3.63, 3.8) is 0 Å². The molecule has 0 unspecified atom stereocenters. The molecule has 3 aromatic rings. The largest absolute Gasteiger partial charge is 0.361 e. The number of alkyl halides is 1. The van der Waals surface area contributed by atoms with E-state index in [9.17, 15) is 0 Å². The average Bonchev–Trinajstić information content (AvgIpc) is 2.68. The number of hydrogen-bond acceptors (Lipinski definition) is 1. The van der Waals surface area contributed by atoms with Crippen molar-refractivity contribution in [2.45, 2.75) is 12.0 Å². The van der Waals surface area contributed by atoms with E-state index in [4.69, 9.17) is 16.3 Å². The van der Waals surface area contributed by atoms with Crippen molar-refractivity contribution in [2.75, 3.05) is 12.5 Å². The third-order valence-electron chi connectivity index (χ3n) is 4.14. The van der Waals surface area contributed by atoms with Gasteiger partial charge in [0.2, 0.25) is 0 Å². The third-order valence-corrected chi connectivity index (χ3v) is 4.40. The molecule has 0 atom stereocenters. The fourth-order valence-corrected chi connectivity index (χ4v) is 3.16. The van der Waals surface area contributed by atoms with Gasteiger partial charge in [-0.15, -0.1) is 11.6 Å². The van der Waals surface area contributed by atoms with Gasteiger partial charge in [0.15, 0.2) is 0 Å². The molecule has 1 nitrogen and oxygen atoms in total. The molecule has 0 radical (unpaired) electrons. The molecule has 0 saturated heterocycles. The van der Waals surface area contributed by atoms with Crippen molar-refractivity contribution in [3.05, 3.63) is 108 Å². The molecule has 122 valence electrons. The zero-order chi connectivity index (χ0) is 16.7. The van der Waals surface area contributed by atoms with Crippen LogP contribution in [0.4, 0.5) is 0 Å². The second kappa shape index (κ2) is 8.14. The topological polar surface area (TPSA) is 9.23 Å². The predicted octanol–water partition coefficient (Wildman–Crippen LogP) is 5.62. The number of benzene rings is 3. The summed E-state index contributed by atoms with van der Waals surface area (Å²) in [6, 6.07) is 31.2. The van der Waals surface area contributed by atoms with Crippen molar-refractivity contribution in [1.82, 2.24) is 0 Å². The van der Waals surface area contributed by atoms with Gasteiger partial charge < -0.3 is 4.74 Å². The SMILES string of the molecule is ClCCCOC(c1ccccc1)(c1ccccc1)c1ccccc1. The Balaban J connectivity index is 2.20. The van der Waals surface area contributed by atoms with Gasteiger partial charge >= 0.3 is 0 Å². The molecule has 0 amide bonds. The summed E-state index contributed by atoms with van der Waals surface area (Å²) in [7, 11) is 0. The number of hydrogen-bond donors (Lipinski definition) is 0. The second-order valence-electron chi connectivity index (χ2n) is 5.67. The van der Waals surface area contributed by atoms with Crippen LogP contribution < -0.4 is 0 Å². The minimum Gasteiger partial charge on any atom is -0.361 e. The van der Waals surface area contributed by atoms with Gasteiger partial charge in [-0.25, -0.2) is 0 Å². The molecule has 3 aromatic carbocycles. The lowest BCUT2D eigenvalue weighted by Crippen LogP contribution is -2.33. The van der Waals surface area contributed by atoms with E-state index in [1.54, 1.807) is 0 Å². The molecular formula is C22H21ClO. The van der Waals surface area contributed by atoms with Crippen molar-refractivity contribution in [3.8, 4) is 0 Å². The summed E-state index contributed by atoms with van der Waals surface area (Å²) in [6.07, 6.45) is 0.815. The zero-order valence-electron chi connectivity index (χ0n) is 13.6. The van der Waals surface area contributed by atoms with E-state index in [1.165, 1.54) is 0 Å². The maximum Gasteiger partial charge on any atom is 0.143 e. The Morgan fingerprint density at radius 3 is 1.33 bits per heavy atom. The molecule has 0 fully saturated rings. The normalized spacial score (nSPS) is 11.4. The molecule has 0 heterocycles. The first-order valence-corrected chi connectivity index (χ1v) is 8.78. The van der Waals surface area contributed by atoms with Gasteiger partial charge in [0.25, 0.3) is 0 Å². The minimum atomic E-state index is -0.629. The van der Waals surface area contributed by atoms with E-state index in [0.29, 0.717) is 12.5 Å². The van der Waals surface area contributed by atoms with Gasteiger partial charge in [-0.3, -0.25) is 0 Å². The highest BCUT2D eigenvalue weighted by Gasteiger charge is 2.37. The Morgan fingerprint density at radius 2 is 1.00 bits per heavy atom. The molecule has 0 aliphatic carbocycles. The van der Waals surface area contributed by atoms with Crippen LogP contribution in [-0.2, 0) is 10.3 Å². The summed E-state index contributed by atoms with van der Waals surface area (Å²) in [5.41, 5.74) is 2.74. The maximum absolute atomic E-state index is 6.54. The first kappa shape index (κ1) is 16.8. The van der Waals surface area contributed by atoms with E-state index in [2.05, 4.69) is 72.8 Å². The molecule has 0 saturated carbocycles. The zero-order valence-corrected chi connectivity index (χ0v) is 14.3. The summed E-state index contributed by atoms with van der Waals surface area (Å²) >= 11 is 5.89. The van der Waals surface area contributed by atoms with Crippen molar-refractivity contribution >= 4 is 11.6 Å². The van der Waals surface area contributed by atoms with Gasteiger partial charge in [-0.2, -0.15) is 0 Å². The molecule has 3 rings (SSSR count). The standard InChI is InChI=1S/C22H21ClO/c23-17-10-18-24-22(19-11-4-1-5-12-19,20-13-6-2-7-14-20)21-15-8-3-9-16-21/h1-9,11-16H,10,17-18H2. The fraction of sp³-hybridized carbons (Fsp3) is 0.182. The highest BCUT2D eigenvalue weighted by Crippen LogP contribution is 2.40. The second-order valence-corrected chi connectivity index (χ2v) is 6.05. The predicted molar refractivity (Wildman–Crippen MR) is 100 cm³/mol. The molecule has 2 heteroatoms. The number of rotatable bonds is 7. The highest BCUT2D eigenvalue weighted by molar-refractivity contribution is 6.17.